The third-order valence-corrected chi connectivity index (χ3v) is 3.39. The van der Waals surface area contributed by atoms with Gasteiger partial charge in [0.05, 0.1) is 17.1 Å². The second-order valence-corrected chi connectivity index (χ2v) is 4.52. The molecule has 0 radical (unpaired) electrons. The van der Waals surface area contributed by atoms with Crippen LogP contribution in [-0.2, 0) is 4.74 Å². The lowest BCUT2D eigenvalue weighted by molar-refractivity contribution is 0.0890. The maximum absolute atomic E-state index is 5.43. The molecule has 1 aliphatic rings. The summed E-state index contributed by atoms with van der Waals surface area (Å²) in [5.41, 5.74) is 2.13. The van der Waals surface area contributed by atoms with E-state index in [0.717, 1.165) is 42.9 Å². The van der Waals surface area contributed by atoms with Gasteiger partial charge in [0.1, 0.15) is 0 Å². The molecular weight excluding hydrogens is 214 g/mol. The van der Waals surface area contributed by atoms with Crippen molar-refractivity contribution in [2.24, 2.45) is 0 Å². The third kappa shape index (κ3) is 2.00. The molecule has 4 heteroatoms. The van der Waals surface area contributed by atoms with Crippen molar-refractivity contribution in [2.75, 3.05) is 25.1 Å². The average molecular weight is 231 g/mol. The van der Waals surface area contributed by atoms with Crippen LogP contribution in [0.4, 0.5) is 5.95 Å². The molecule has 1 unspecified atom stereocenters. The van der Waals surface area contributed by atoms with E-state index < -0.39 is 0 Å². The predicted molar refractivity (Wildman–Crippen MR) is 68.3 cm³/mol. The second-order valence-electron chi connectivity index (χ2n) is 4.52. The molecule has 1 N–H and O–H groups in total. The number of hydrogen-bond donors (Lipinski definition) is 1. The number of fused-ring (bicyclic) bond motifs is 1. The molecule has 1 aliphatic heterocycles. The Bertz CT molecular complexity index is 475. The first-order valence-corrected chi connectivity index (χ1v) is 6.09. The molecule has 1 fully saturated rings. The summed E-state index contributed by atoms with van der Waals surface area (Å²) in [7, 11) is 1.78. The van der Waals surface area contributed by atoms with Crippen LogP contribution in [0.5, 0.6) is 0 Å². The molecule has 1 atom stereocenters. The Morgan fingerprint density at radius 1 is 1.41 bits per heavy atom. The molecule has 0 bridgehead atoms. The Morgan fingerprint density at radius 3 is 3.12 bits per heavy atom. The lowest BCUT2D eigenvalue weighted by atomic mass is 10.1. The monoisotopic (exact) mass is 231 g/mol. The van der Waals surface area contributed by atoms with Crippen LogP contribution in [-0.4, -0.2) is 36.3 Å². The summed E-state index contributed by atoms with van der Waals surface area (Å²) < 4.78 is 5.43. The smallest absolute Gasteiger partial charge is 0.203 e. The van der Waals surface area contributed by atoms with Gasteiger partial charge >= 0.3 is 0 Å². The van der Waals surface area contributed by atoms with E-state index in [-0.39, 0.29) is 0 Å². The van der Waals surface area contributed by atoms with Crippen LogP contribution >= 0.6 is 0 Å². The Kier molecular flexibility index (Phi) is 2.73. The van der Waals surface area contributed by atoms with Gasteiger partial charge in [-0.2, -0.15) is 0 Å². The number of ether oxygens (including phenoxy) is 1. The van der Waals surface area contributed by atoms with Gasteiger partial charge in [0.25, 0.3) is 0 Å². The highest BCUT2D eigenvalue weighted by atomic mass is 16.5. The topological polar surface area (TPSA) is 41.1 Å². The van der Waals surface area contributed by atoms with Gasteiger partial charge < -0.3 is 14.6 Å². The number of H-pyrrole nitrogens is 1. The number of nitrogens with zero attached hydrogens (tertiary/aromatic N) is 2. The Morgan fingerprint density at radius 2 is 2.29 bits per heavy atom. The molecule has 0 aliphatic carbocycles. The lowest BCUT2D eigenvalue weighted by Crippen LogP contribution is -2.39. The van der Waals surface area contributed by atoms with Gasteiger partial charge in [-0.1, -0.05) is 12.1 Å². The van der Waals surface area contributed by atoms with Gasteiger partial charge in [0.15, 0.2) is 0 Å². The molecule has 17 heavy (non-hydrogen) atoms. The molecule has 2 heterocycles. The Balaban J connectivity index is 1.87. The van der Waals surface area contributed by atoms with Crippen molar-refractivity contribution in [1.82, 2.24) is 9.97 Å². The summed E-state index contributed by atoms with van der Waals surface area (Å²) in [6, 6.07) is 8.14. The molecular formula is C13H17N3O. The fourth-order valence-corrected chi connectivity index (χ4v) is 2.41. The zero-order valence-electron chi connectivity index (χ0n) is 10.0. The number of anilines is 1. The summed E-state index contributed by atoms with van der Waals surface area (Å²) in [5, 5.41) is 0. The van der Waals surface area contributed by atoms with Crippen LogP contribution in [0.25, 0.3) is 11.0 Å². The van der Waals surface area contributed by atoms with Gasteiger partial charge in [-0.3, -0.25) is 0 Å². The highest BCUT2D eigenvalue weighted by molar-refractivity contribution is 5.77. The summed E-state index contributed by atoms with van der Waals surface area (Å²) in [6.45, 7) is 1.98. The van der Waals surface area contributed by atoms with E-state index in [9.17, 15) is 0 Å². The fourth-order valence-electron chi connectivity index (χ4n) is 2.41. The SMILES string of the molecule is COC1CCCN(c2nc3ccccc3[nH]2)C1. The Hall–Kier alpha value is -1.55. The highest BCUT2D eigenvalue weighted by Gasteiger charge is 2.21. The van der Waals surface area contributed by atoms with E-state index in [2.05, 4.69) is 20.9 Å². The summed E-state index contributed by atoms with van der Waals surface area (Å²) in [4.78, 5) is 10.3. The van der Waals surface area contributed by atoms with Gasteiger partial charge in [-0.05, 0) is 25.0 Å². The average Bonchev–Trinajstić information content (AvgIpc) is 2.82. The van der Waals surface area contributed by atoms with Crippen LogP contribution in [0.1, 0.15) is 12.8 Å². The van der Waals surface area contributed by atoms with Gasteiger partial charge in [0.2, 0.25) is 5.95 Å². The van der Waals surface area contributed by atoms with E-state index >= 15 is 0 Å². The molecule has 90 valence electrons. The minimum Gasteiger partial charge on any atom is -0.380 e. The number of methoxy groups -OCH3 is 1. The van der Waals surface area contributed by atoms with Crippen LogP contribution in [0.2, 0.25) is 0 Å². The van der Waals surface area contributed by atoms with Crippen molar-refractivity contribution in [2.45, 2.75) is 18.9 Å². The number of benzene rings is 1. The van der Waals surface area contributed by atoms with Crippen molar-refractivity contribution in [3.63, 3.8) is 0 Å². The van der Waals surface area contributed by atoms with Gasteiger partial charge in [-0.15, -0.1) is 0 Å². The number of aromatic nitrogens is 2. The third-order valence-electron chi connectivity index (χ3n) is 3.39. The van der Waals surface area contributed by atoms with Crippen molar-refractivity contribution in [3.05, 3.63) is 24.3 Å². The molecule has 3 rings (SSSR count). The standard InChI is InChI=1S/C13H17N3O/c1-17-10-5-4-8-16(9-10)13-14-11-6-2-3-7-12(11)15-13/h2-3,6-7,10H,4-5,8-9H2,1H3,(H,14,15). The quantitative estimate of drug-likeness (QED) is 0.861. The van der Waals surface area contributed by atoms with Crippen LogP contribution in [0.3, 0.4) is 0 Å². The largest absolute Gasteiger partial charge is 0.380 e. The molecule has 0 spiro atoms. The summed E-state index contributed by atoms with van der Waals surface area (Å²) >= 11 is 0. The van der Waals surface area contributed by atoms with E-state index in [1.807, 2.05) is 18.2 Å². The molecule has 0 saturated carbocycles. The molecule has 1 aromatic heterocycles. The number of nitrogens with one attached hydrogen (secondary N) is 1. The first kappa shape index (κ1) is 10.6. The van der Waals surface area contributed by atoms with Crippen molar-refractivity contribution in [1.29, 1.82) is 0 Å². The minimum absolute atomic E-state index is 0.331. The number of aromatic amines is 1. The molecule has 0 amide bonds. The highest BCUT2D eigenvalue weighted by Crippen LogP contribution is 2.21. The molecule has 1 saturated heterocycles. The number of para-hydroxylation sites is 2. The van der Waals surface area contributed by atoms with Gasteiger partial charge in [0, 0.05) is 20.2 Å². The van der Waals surface area contributed by atoms with E-state index in [4.69, 9.17) is 4.74 Å². The first-order valence-electron chi connectivity index (χ1n) is 6.09. The van der Waals surface area contributed by atoms with Crippen LogP contribution in [0, 0.1) is 0 Å². The fraction of sp³-hybridized carbons (Fsp3) is 0.462. The first-order chi connectivity index (χ1) is 8.36. The normalized spacial score (nSPS) is 21.0. The maximum Gasteiger partial charge on any atom is 0.203 e. The zero-order chi connectivity index (χ0) is 11.7. The molecule has 1 aromatic carbocycles. The number of piperidine rings is 1. The zero-order valence-corrected chi connectivity index (χ0v) is 10.0. The van der Waals surface area contributed by atoms with Gasteiger partial charge in [-0.25, -0.2) is 4.98 Å². The van der Waals surface area contributed by atoms with Crippen molar-refractivity contribution in [3.8, 4) is 0 Å². The number of imidazole rings is 1. The predicted octanol–water partition coefficient (Wildman–Crippen LogP) is 2.18. The number of hydrogen-bond acceptors (Lipinski definition) is 3. The molecule has 4 nitrogen and oxygen atoms in total. The van der Waals surface area contributed by atoms with Crippen molar-refractivity contribution >= 4 is 17.0 Å². The maximum atomic E-state index is 5.43. The lowest BCUT2D eigenvalue weighted by Gasteiger charge is -2.31. The summed E-state index contributed by atoms with van der Waals surface area (Å²) in [6.07, 6.45) is 2.64. The molecule has 2 aromatic rings. The summed E-state index contributed by atoms with van der Waals surface area (Å²) in [5.74, 6) is 0.966. The van der Waals surface area contributed by atoms with E-state index in [1.165, 1.54) is 0 Å². The van der Waals surface area contributed by atoms with Crippen LogP contribution < -0.4 is 4.90 Å². The minimum atomic E-state index is 0.331. The number of rotatable bonds is 2. The van der Waals surface area contributed by atoms with Crippen LogP contribution in [0.15, 0.2) is 24.3 Å². The van der Waals surface area contributed by atoms with E-state index in [1.54, 1.807) is 7.11 Å². The van der Waals surface area contributed by atoms with Crippen molar-refractivity contribution < 1.29 is 4.74 Å². The second kappa shape index (κ2) is 4.37. The Labute approximate surface area is 101 Å². The van der Waals surface area contributed by atoms with E-state index in [0.29, 0.717) is 6.10 Å².